The third-order valence-electron chi connectivity index (χ3n) is 5.61. The molecule has 3 nitrogen and oxygen atoms in total. The van der Waals surface area contributed by atoms with Crippen molar-refractivity contribution in [2.24, 2.45) is 5.92 Å². The van der Waals surface area contributed by atoms with E-state index in [0.29, 0.717) is 28.4 Å². The van der Waals surface area contributed by atoms with Crippen LogP contribution in [0.2, 0.25) is 0 Å². The largest absolute Gasteiger partial charge is 0.497 e. The van der Waals surface area contributed by atoms with E-state index in [2.05, 4.69) is 0 Å². The Labute approximate surface area is 126 Å². The number of ether oxygens (including phenoxy) is 1. The number of hydrogen-bond acceptors (Lipinski definition) is 3. The smallest absolute Gasteiger partial charge is 0.289 e. The lowest BCUT2D eigenvalue weighted by Crippen LogP contribution is -2.39. The van der Waals surface area contributed by atoms with E-state index in [-0.39, 0.29) is 24.1 Å². The minimum Gasteiger partial charge on any atom is -0.497 e. The van der Waals surface area contributed by atoms with Gasteiger partial charge in [0.15, 0.2) is 0 Å². The molecule has 0 radical (unpaired) electrons. The zero-order valence-electron chi connectivity index (χ0n) is 12.3. The molecule has 0 N–H and O–H groups in total. The van der Waals surface area contributed by atoms with Crippen LogP contribution in [-0.2, 0) is 5.92 Å². The molecule has 0 spiro atoms. The van der Waals surface area contributed by atoms with Crippen molar-refractivity contribution in [3.8, 4) is 5.75 Å². The number of fused-ring (bicyclic) bond motifs is 5. The molecule has 1 aromatic heterocycles. The molecule has 2 bridgehead atoms. The van der Waals surface area contributed by atoms with E-state index < -0.39 is 5.92 Å². The van der Waals surface area contributed by atoms with Crippen LogP contribution in [0.15, 0.2) is 22.6 Å². The molecule has 2 aromatic rings. The van der Waals surface area contributed by atoms with Gasteiger partial charge in [0.1, 0.15) is 17.1 Å². The Bertz CT molecular complexity index is 769. The quantitative estimate of drug-likeness (QED) is 0.803. The van der Waals surface area contributed by atoms with Crippen LogP contribution < -0.4 is 4.74 Å². The summed E-state index contributed by atoms with van der Waals surface area (Å²) in [4.78, 5) is 1.97. The summed E-state index contributed by atoms with van der Waals surface area (Å²) in [7, 11) is 1.55. The van der Waals surface area contributed by atoms with Gasteiger partial charge in [-0.1, -0.05) is 0 Å². The topological polar surface area (TPSA) is 25.6 Å². The van der Waals surface area contributed by atoms with Gasteiger partial charge in [0.2, 0.25) is 0 Å². The molecule has 1 aliphatic carbocycles. The molecule has 1 unspecified atom stereocenters. The van der Waals surface area contributed by atoms with Crippen molar-refractivity contribution < 1.29 is 17.9 Å². The second-order valence-corrected chi connectivity index (χ2v) is 6.85. The highest BCUT2D eigenvalue weighted by Gasteiger charge is 2.55. The normalized spacial score (nSPS) is 32.2. The molecule has 5 rings (SSSR count). The Morgan fingerprint density at radius 2 is 2.18 bits per heavy atom. The number of alkyl halides is 2. The monoisotopic (exact) mass is 305 g/mol. The number of methoxy groups -OCH3 is 1. The Morgan fingerprint density at radius 1 is 1.32 bits per heavy atom. The predicted octanol–water partition coefficient (Wildman–Crippen LogP) is 3.72. The summed E-state index contributed by atoms with van der Waals surface area (Å²) in [6.07, 6.45) is 2.00. The van der Waals surface area contributed by atoms with Crippen LogP contribution in [-0.4, -0.2) is 31.1 Å². The standard InChI is InChI=1S/C17H17F2NO2/c1-21-10-2-3-14-12(6-10)15-16(22-14)11-4-9-5-13(11)20(7-9)8-17(15,18)19/h2-3,6,9,11,13H,4-5,7-8H2,1H3/t9-,11-,13?/m1/s1. The number of hydrogen-bond donors (Lipinski definition) is 0. The van der Waals surface area contributed by atoms with Crippen LogP contribution in [0.5, 0.6) is 5.75 Å². The average Bonchev–Trinajstić information content (AvgIpc) is 3.15. The van der Waals surface area contributed by atoms with Crippen molar-refractivity contribution in [3.63, 3.8) is 0 Å². The van der Waals surface area contributed by atoms with Gasteiger partial charge >= 0.3 is 0 Å². The highest BCUT2D eigenvalue weighted by molar-refractivity contribution is 5.85. The molecule has 0 amide bonds. The van der Waals surface area contributed by atoms with Crippen molar-refractivity contribution in [1.82, 2.24) is 4.90 Å². The number of nitrogens with zero attached hydrogens (tertiary/aromatic N) is 1. The van der Waals surface area contributed by atoms with Crippen molar-refractivity contribution in [2.75, 3.05) is 20.2 Å². The van der Waals surface area contributed by atoms with Crippen LogP contribution >= 0.6 is 0 Å². The fraction of sp³-hybridized carbons (Fsp3) is 0.529. The van der Waals surface area contributed by atoms with Gasteiger partial charge in [0, 0.05) is 23.9 Å². The van der Waals surface area contributed by atoms with Crippen LogP contribution in [0.1, 0.15) is 30.1 Å². The first-order valence-electron chi connectivity index (χ1n) is 7.79. The number of rotatable bonds is 1. The van der Waals surface area contributed by atoms with Crippen LogP contribution in [0, 0.1) is 5.92 Å². The third-order valence-corrected chi connectivity index (χ3v) is 5.61. The lowest BCUT2D eigenvalue weighted by atomic mass is 9.93. The van der Waals surface area contributed by atoms with Gasteiger partial charge in [0.05, 0.1) is 19.2 Å². The molecule has 3 atom stereocenters. The van der Waals surface area contributed by atoms with E-state index in [0.717, 1.165) is 19.4 Å². The zero-order valence-corrected chi connectivity index (χ0v) is 12.3. The van der Waals surface area contributed by atoms with Gasteiger partial charge in [-0.05, 0) is 37.0 Å². The predicted molar refractivity (Wildman–Crippen MR) is 77.5 cm³/mol. The molecule has 3 heterocycles. The molecule has 2 fully saturated rings. The van der Waals surface area contributed by atoms with Crippen molar-refractivity contribution >= 4 is 11.0 Å². The van der Waals surface area contributed by atoms with E-state index in [1.54, 1.807) is 25.3 Å². The molecular formula is C17H17F2NO2. The molecule has 3 aliphatic rings. The maximum absolute atomic E-state index is 14.9. The maximum Gasteiger partial charge on any atom is 0.289 e. The fourth-order valence-corrected chi connectivity index (χ4v) is 4.80. The summed E-state index contributed by atoms with van der Waals surface area (Å²) in [5.41, 5.74) is 0.642. The molecule has 116 valence electrons. The molecule has 1 saturated carbocycles. The van der Waals surface area contributed by atoms with Gasteiger partial charge < -0.3 is 9.15 Å². The maximum atomic E-state index is 14.9. The summed E-state index contributed by atoms with van der Waals surface area (Å²) >= 11 is 0. The first kappa shape index (κ1) is 12.9. The summed E-state index contributed by atoms with van der Waals surface area (Å²) in [5.74, 6) is -1.12. The summed E-state index contributed by atoms with van der Waals surface area (Å²) in [5, 5.41) is 0.505. The van der Waals surface area contributed by atoms with Gasteiger partial charge in [-0.3, -0.25) is 4.90 Å². The van der Waals surface area contributed by atoms with Crippen molar-refractivity contribution in [3.05, 3.63) is 29.5 Å². The van der Waals surface area contributed by atoms with E-state index in [1.807, 2.05) is 4.90 Å². The summed E-state index contributed by atoms with van der Waals surface area (Å²) in [6.45, 7) is 0.617. The number of piperidine rings is 1. The summed E-state index contributed by atoms with van der Waals surface area (Å²) < 4.78 is 41.0. The third kappa shape index (κ3) is 1.52. The van der Waals surface area contributed by atoms with Crippen LogP contribution in [0.25, 0.3) is 11.0 Å². The van der Waals surface area contributed by atoms with Gasteiger partial charge in [-0.15, -0.1) is 0 Å². The minimum absolute atomic E-state index is 0.0986. The van der Waals surface area contributed by atoms with Crippen LogP contribution in [0.3, 0.4) is 0 Å². The van der Waals surface area contributed by atoms with Crippen molar-refractivity contribution in [1.29, 1.82) is 0 Å². The van der Waals surface area contributed by atoms with E-state index in [4.69, 9.17) is 9.15 Å². The minimum atomic E-state index is -2.88. The fourth-order valence-electron chi connectivity index (χ4n) is 4.80. The van der Waals surface area contributed by atoms with Gasteiger partial charge in [-0.25, -0.2) is 0 Å². The van der Waals surface area contributed by atoms with Crippen molar-refractivity contribution in [2.45, 2.75) is 30.7 Å². The Morgan fingerprint density at radius 3 is 2.95 bits per heavy atom. The lowest BCUT2D eigenvalue weighted by molar-refractivity contribution is -0.0380. The highest BCUT2D eigenvalue weighted by Crippen LogP contribution is 2.55. The second kappa shape index (κ2) is 4.02. The molecule has 5 heteroatoms. The first-order chi connectivity index (χ1) is 10.6. The molecular weight excluding hydrogens is 288 g/mol. The molecule has 22 heavy (non-hydrogen) atoms. The molecule has 1 saturated heterocycles. The zero-order chi connectivity index (χ0) is 15.1. The SMILES string of the molecule is COc1ccc2oc3c(c2c1)C(F)(F)CN1C[C@H]2CC1[C@H]3C2. The number of furan rings is 1. The lowest BCUT2D eigenvalue weighted by Gasteiger charge is -2.30. The average molecular weight is 305 g/mol. The van der Waals surface area contributed by atoms with E-state index in [9.17, 15) is 8.78 Å². The van der Waals surface area contributed by atoms with Gasteiger partial charge in [0.25, 0.3) is 5.92 Å². The van der Waals surface area contributed by atoms with Gasteiger partial charge in [-0.2, -0.15) is 8.78 Å². The summed E-state index contributed by atoms with van der Waals surface area (Å²) in [6, 6.07) is 5.40. The Balaban J connectivity index is 1.79. The number of benzene rings is 1. The second-order valence-electron chi connectivity index (χ2n) is 6.85. The van der Waals surface area contributed by atoms with E-state index in [1.165, 1.54) is 0 Å². The molecule has 1 aromatic carbocycles. The van der Waals surface area contributed by atoms with Crippen LogP contribution in [0.4, 0.5) is 8.78 Å². The highest BCUT2D eigenvalue weighted by atomic mass is 19.3. The number of halogens is 2. The Hall–Kier alpha value is -1.62. The Kier molecular flexibility index (Phi) is 2.35. The van der Waals surface area contributed by atoms with E-state index >= 15 is 0 Å². The first-order valence-corrected chi connectivity index (χ1v) is 7.79. The molecule has 2 aliphatic heterocycles.